The second-order valence-corrected chi connectivity index (χ2v) is 7.56. The van der Waals surface area contributed by atoms with Gasteiger partial charge in [-0.05, 0) is 54.1 Å². The zero-order valence-corrected chi connectivity index (χ0v) is 15.6. The number of benzene rings is 3. The molecule has 2 amide bonds. The van der Waals surface area contributed by atoms with Crippen LogP contribution in [0.5, 0.6) is 0 Å². The predicted molar refractivity (Wildman–Crippen MR) is 107 cm³/mol. The summed E-state index contributed by atoms with van der Waals surface area (Å²) in [5.74, 6) is -2.44. The van der Waals surface area contributed by atoms with Crippen molar-refractivity contribution in [2.75, 3.05) is 4.90 Å². The summed E-state index contributed by atoms with van der Waals surface area (Å²) in [6.45, 7) is 0. The third-order valence-corrected chi connectivity index (χ3v) is 5.87. The van der Waals surface area contributed by atoms with Crippen molar-refractivity contribution in [2.24, 2.45) is 0 Å². The largest absolute Gasteiger partial charge is 0.545 e. The Hall–Kier alpha value is -3.84. The molecule has 2 heterocycles. The Morgan fingerprint density at radius 2 is 1.62 bits per heavy atom. The first-order valence-electron chi connectivity index (χ1n) is 8.73. The second-order valence-electron chi connectivity index (χ2n) is 6.53. The molecular formula is C22H11N2O4S-. The number of hydrogen-bond acceptors (Lipinski definition) is 6. The molecule has 1 aliphatic heterocycles. The minimum Gasteiger partial charge on any atom is -0.545 e. The summed E-state index contributed by atoms with van der Waals surface area (Å²) in [4.78, 5) is 42.1. The number of aromatic nitrogens is 1. The zero-order chi connectivity index (χ0) is 20.1. The predicted octanol–water partition coefficient (Wildman–Crippen LogP) is 3.13. The summed E-state index contributed by atoms with van der Waals surface area (Å²) >= 11 is 1.56. The van der Waals surface area contributed by atoms with Crippen molar-refractivity contribution >= 4 is 45.0 Å². The Balaban J connectivity index is 1.49. The van der Waals surface area contributed by atoms with Crippen LogP contribution in [-0.2, 0) is 0 Å². The van der Waals surface area contributed by atoms with E-state index in [2.05, 4.69) is 4.98 Å². The number of nitrogens with zero attached hydrogens (tertiary/aromatic N) is 2. The number of thiazole rings is 1. The number of para-hydroxylation sites is 1. The van der Waals surface area contributed by atoms with E-state index < -0.39 is 17.8 Å². The smallest absolute Gasteiger partial charge is 0.266 e. The van der Waals surface area contributed by atoms with Crippen LogP contribution < -0.4 is 10.0 Å². The van der Waals surface area contributed by atoms with Gasteiger partial charge in [0.2, 0.25) is 0 Å². The Bertz CT molecular complexity index is 1290. The lowest BCUT2D eigenvalue weighted by atomic mass is 10.1. The van der Waals surface area contributed by atoms with Gasteiger partial charge in [0.15, 0.2) is 0 Å². The van der Waals surface area contributed by atoms with Crippen LogP contribution >= 0.6 is 11.3 Å². The van der Waals surface area contributed by atoms with Gasteiger partial charge in [-0.25, -0.2) is 9.88 Å². The number of carboxylic acid groups (broad SMARTS) is 1. The van der Waals surface area contributed by atoms with Crippen molar-refractivity contribution < 1.29 is 19.5 Å². The summed E-state index contributed by atoms with van der Waals surface area (Å²) in [6, 6.07) is 18.6. The van der Waals surface area contributed by atoms with Crippen LogP contribution in [0.4, 0.5) is 5.69 Å². The molecule has 1 aliphatic rings. The molecule has 0 fully saturated rings. The maximum atomic E-state index is 12.7. The van der Waals surface area contributed by atoms with E-state index in [-0.39, 0.29) is 16.7 Å². The van der Waals surface area contributed by atoms with Crippen LogP contribution in [0.15, 0.2) is 66.7 Å². The molecule has 0 spiro atoms. The Morgan fingerprint density at radius 1 is 0.897 bits per heavy atom. The van der Waals surface area contributed by atoms with Gasteiger partial charge >= 0.3 is 0 Å². The highest BCUT2D eigenvalue weighted by Gasteiger charge is 2.36. The number of carbonyl (C=O) groups excluding carboxylic acids is 3. The standard InChI is InChI=1S/C22H12N2O4S/c25-20-15-10-7-13(22(27)28)11-16(15)21(26)24(20)14-8-5-12(6-9-14)19-23-17-3-1-2-4-18(17)29-19/h1-11H,(H,27,28)/p-1. The Labute approximate surface area is 168 Å². The molecule has 0 unspecified atom stereocenters. The van der Waals surface area contributed by atoms with Gasteiger partial charge in [0, 0.05) is 5.56 Å². The van der Waals surface area contributed by atoms with Gasteiger partial charge < -0.3 is 9.90 Å². The van der Waals surface area contributed by atoms with Gasteiger partial charge in [0.1, 0.15) is 5.01 Å². The van der Waals surface area contributed by atoms with Crippen molar-refractivity contribution in [3.8, 4) is 10.6 Å². The highest BCUT2D eigenvalue weighted by Crippen LogP contribution is 2.33. The maximum absolute atomic E-state index is 12.7. The van der Waals surface area contributed by atoms with Crippen LogP contribution in [0.25, 0.3) is 20.8 Å². The molecule has 7 heteroatoms. The van der Waals surface area contributed by atoms with E-state index in [0.29, 0.717) is 5.69 Å². The molecule has 140 valence electrons. The molecule has 4 aromatic rings. The van der Waals surface area contributed by atoms with E-state index in [1.807, 2.05) is 36.4 Å². The number of carbonyl (C=O) groups is 3. The minimum atomic E-state index is -1.40. The fraction of sp³-hybridized carbons (Fsp3) is 0. The fourth-order valence-corrected chi connectivity index (χ4v) is 4.32. The van der Waals surface area contributed by atoms with E-state index >= 15 is 0 Å². The summed E-state index contributed by atoms with van der Waals surface area (Å²) in [6.07, 6.45) is 0. The van der Waals surface area contributed by atoms with Crippen molar-refractivity contribution in [3.63, 3.8) is 0 Å². The molecule has 0 saturated carbocycles. The third-order valence-electron chi connectivity index (χ3n) is 4.79. The van der Waals surface area contributed by atoms with Crippen molar-refractivity contribution in [1.82, 2.24) is 4.98 Å². The molecule has 5 rings (SSSR count). The van der Waals surface area contributed by atoms with Crippen molar-refractivity contribution in [3.05, 3.63) is 83.4 Å². The van der Waals surface area contributed by atoms with E-state index in [4.69, 9.17) is 0 Å². The molecule has 29 heavy (non-hydrogen) atoms. The average Bonchev–Trinajstić information content (AvgIpc) is 3.27. The summed E-state index contributed by atoms with van der Waals surface area (Å²) in [7, 11) is 0. The third kappa shape index (κ3) is 2.71. The summed E-state index contributed by atoms with van der Waals surface area (Å²) < 4.78 is 1.08. The molecular weight excluding hydrogens is 388 g/mol. The molecule has 0 bridgehead atoms. The fourth-order valence-electron chi connectivity index (χ4n) is 3.35. The number of imide groups is 1. The van der Waals surface area contributed by atoms with E-state index in [9.17, 15) is 19.5 Å². The lowest BCUT2D eigenvalue weighted by molar-refractivity contribution is -0.255. The second kappa shape index (κ2) is 6.35. The first-order valence-corrected chi connectivity index (χ1v) is 9.55. The van der Waals surface area contributed by atoms with Gasteiger partial charge in [-0.15, -0.1) is 11.3 Å². The number of amides is 2. The highest BCUT2D eigenvalue weighted by molar-refractivity contribution is 7.21. The van der Waals surface area contributed by atoms with Gasteiger partial charge in [0.25, 0.3) is 11.8 Å². The SMILES string of the molecule is O=C([O-])c1ccc2c(c1)C(=O)N(c1ccc(-c3nc4ccccc4s3)cc1)C2=O. The summed E-state index contributed by atoms with van der Waals surface area (Å²) in [5.41, 5.74) is 2.31. The maximum Gasteiger partial charge on any atom is 0.266 e. The topological polar surface area (TPSA) is 90.4 Å². The highest BCUT2D eigenvalue weighted by atomic mass is 32.1. The van der Waals surface area contributed by atoms with E-state index in [1.54, 1.807) is 23.5 Å². The van der Waals surface area contributed by atoms with Crippen LogP contribution in [0.1, 0.15) is 31.1 Å². The number of aromatic carboxylic acids is 1. The quantitative estimate of drug-likeness (QED) is 0.494. The lowest BCUT2D eigenvalue weighted by Crippen LogP contribution is -2.29. The van der Waals surface area contributed by atoms with Crippen LogP contribution in [0.2, 0.25) is 0 Å². The van der Waals surface area contributed by atoms with Crippen LogP contribution in [-0.4, -0.2) is 22.8 Å². The summed E-state index contributed by atoms with van der Waals surface area (Å²) in [5, 5.41) is 11.9. The van der Waals surface area contributed by atoms with Crippen molar-refractivity contribution in [2.45, 2.75) is 0 Å². The molecule has 1 aromatic heterocycles. The minimum absolute atomic E-state index is 0.0620. The molecule has 0 atom stereocenters. The molecule has 0 N–H and O–H groups in total. The molecule has 0 saturated heterocycles. The van der Waals surface area contributed by atoms with Crippen molar-refractivity contribution in [1.29, 1.82) is 0 Å². The van der Waals surface area contributed by atoms with E-state index in [0.717, 1.165) is 25.7 Å². The average molecular weight is 399 g/mol. The number of fused-ring (bicyclic) bond motifs is 2. The van der Waals surface area contributed by atoms with E-state index in [1.165, 1.54) is 18.2 Å². The molecule has 0 radical (unpaired) electrons. The number of anilines is 1. The van der Waals surface area contributed by atoms with Crippen LogP contribution in [0, 0.1) is 0 Å². The molecule has 6 nitrogen and oxygen atoms in total. The Kier molecular flexibility index (Phi) is 3.78. The van der Waals surface area contributed by atoms with Gasteiger partial charge in [-0.1, -0.05) is 18.2 Å². The number of carboxylic acids is 1. The van der Waals surface area contributed by atoms with Crippen LogP contribution in [0.3, 0.4) is 0 Å². The Morgan fingerprint density at radius 3 is 2.34 bits per heavy atom. The first kappa shape index (κ1) is 17.3. The molecule has 0 aliphatic carbocycles. The number of rotatable bonds is 3. The van der Waals surface area contributed by atoms with Gasteiger partial charge in [-0.3, -0.25) is 9.59 Å². The van der Waals surface area contributed by atoms with Gasteiger partial charge in [0.05, 0.1) is 33.0 Å². The first-order chi connectivity index (χ1) is 14.0. The normalized spacial score (nSPS) is 13.2. The monoisotopic (exact) mass is 399 g/mol. The van der Waals surface area contributed by atoms with Gasteiger partial charge in [-0.2, -0.15) is 0 Å². The lowest BCUT2D eigenvalue weighted by Gasteiger charge is -2.14. The number of hydrogen-bond donors (Lipinski definition) is 0. The zero-order valence-electron chi connectivity index (χ0n) is 14.8. The molecule has 3 aromatic carbocycles.